The zero-order valence-corrected chi connectivity index (χ0v) is 17.4. The van der Waals surface area contributed by atoms with E-state index in [-0.39, 0.29) is 23.5 Å². The van der Waals surface area contributed by atoms with Crippen LogP contribution < -0.4 is 5.32 Å². The summed E-state index contributed by atoms with van der Waals surface area (Å²) in [4.78, 5) is 14.6. The number of nitrogens with one attached hydrogen (secondary N) is 1. The first-order valence-electron chi connectivity index (χ1n) is 9.85. The average Bonchev–Trinajstić information content (AvgIpc) is 3.00. The summed E-state index contributed by atoms with van der Waals surface area (Å²) in [7, 11) is 3.81. The molecule has 1 aliphatic carbocycles. The van der Waals surface area contributed by atoms with Gasteiger partial charge in [-0.3, -0.25) is 14.3 Å². The van der Waals surface area contributed by atoms with Crippen LogP contribution >= 0.6 is 0 Å². The van der Waals surface area contributed by atoms with E-state index < -0.39 is 0 Å². The summed E-state index contributed by atoms with van der Waals surface area (Å²) in [5.41, 5.74) is 4.57. The third kappa shape index (κ3) is 3.04. The maximum absolute atomic E-state index is 12.3. The lowest BCUT2D eigenvalue weighted by Crippen LogP contribution is -2.46. The Morgan fingerprint density at radius 1 is 1.32 bits per heavy atom. The lowest BCUT2D eigenvalue weighted by atomic mass is 9.80. The molecule has 5 nitrogen and oxygen atoms in total. The lowest BCUT2D eigenvalue weighted by Gasteiger charge is -2.39. The van der Waals surface area contributed by atoms with Gasteiger partial charge in [-0.05, 0) is 63.6 Å². The third-order valence-corrected chi connectivity index (χ3v) is 5.66. The van der Waals surface area contributed by atoms with Crippen LogP contribution in [0.4, 0.5) is 0 Å². The predicted octanol–water partition coefficient (Wildman–Crippen LogP) is 3.50. The van der Waals surface area contributed by atoms with Gasteiger partial charge in [-0.15, -0.1) is 0 Å². The summed E-state index contributed by atoms with van der Waals surface area (Å²) in [6.45, 7) is 11.0. The highest BCUT2D eigenvalue weighted by Crippen LogP contribution is 2.42. The molecule has 0 saturated carbocycles. The van der Waals surface area contributed by atoms with Gasteiger partial charge in [0.05, 0.1) is 11.4 Å². The first-order valence-corrected chi connectivity index (χ1v) is 9.85. The molecule has 2 aliphatic rings. The molecule has 1 aliphatic heterocycles. The third-order valence-electron chi connectivity index (χ3n) is 5.66. The SMILES string of the molecule is C=C(OC(C)(C)C)n1cc2c3c(cccc31)C1=CC(C(=O)NC)CN(C)C1C2. The number of carbonyl (C=O) groups excluding carboxylic acids is 1. The minimum absolute atomic E-state index is 0.0697. The maximum atomic E-state index is 12.3. The van der Waals surface area contributed by atoms with Crippen LogP contribution in [0.3, 0.4) is 0 Å². The number of rotatable bonds is 3. The molecule has 148 valence electrons. The first kappa shape index (κ1) is 18.8. The molecule has 0 spiro atoms. The molecule has 1 N–H and O–H groups in total. The van der Waals surface area contributed by atoms with Crippen LogP contribution in [0.5, 0.6) is 0 Å². The Hall–Kier alpha value is -2.53. The number of ether oxygens (including phenoxy) is 1. The second kappa shape index (κ2) is 6.52. The smallest absolute Gasteiger partial charge is 0.227 e. The summed E-state index contributed by atoms with van der Waals surface area (Å²) in [5, 5.41) is 4.04. The van der Waals surface area contributed by atoms with E-state index in [1.165, 1.54) is 22.1 Å². The number of carbonyl (C=O) groups is 1. The highest BCUT2D eigenvalue weighted by atomic mass is 16.5. The highest BCUT2D eigenvalue weighted by molar-refractivity contribution is 6.00. The molecule has 5 heteroatoms. The lowest BCUT2D eigenvalue weighted by molar-refractivity contribution is -0.123. The van der Waals surface area contributed by atoms with Crippen molar-refractivity contribution in [1.82, 2.24) is 14.8 Å². The number of fused-ring (bicyclic) bond motifs is 2. The number of likely N-dealkylation sites (N-methyl/N-ethyl adjacent to an activating group) is 1. The van der Waals surface area contributed by atoms with E-state index in [0.717, 1.165) is 18.5 Å². The zero-order chi connectivity index (χ0) is 20.2. The van der Waals surface area contributed by atoms with Crippen molar-refractivity contribution in [2.45, 2.75) is 38.8 Å². The normalized spacial score (nSPS) is 21.8. The number of aromatic nitrogens is 1. The molecule has 2 unspecified atom stereocenters. The summed E-state index contributed by atoms with van der Waals surface area (Å²) in [6.07, 6.45) is 5.25. The summed E-state index contributed by atoms with van der Waals surface area (Å²) < 4.78 is 8.11. The number of hydrogen-bond acceptors (Lipinski definition) is 3. The monoisotopic (exact) mass is 379 g/mol. The summed E-state index contributed by atoms with van der Waals surface area (Å²) in [6, 6.07) is 6.64. The van der Waals surface area contributed by atoms with Crippen LogP contribution in [-0.4, -0.2) is 47.7 Å². The molecule has 1 aromatic heterocycles. The molecule has 2 heterocycles. The molecule has 0 bridgehead atoms. The van der Waals surface area contributed by atoms with Gasteiger partial charge in [-0.25, -0.2) is 0 Å². The second-order valence-corrected chi connectivity index (χ2v) is 8.83. The largest absolute Gasteiger partial charge is 0.473 e. The summed E-state index contributed by atoms with van der Waals surface area (Å²) in [5.74, 6) is 0.580. The molecule has 28 heavy (non-hydrogen) atoms. The predicted molar refractivity (Wildman–Crippen MR) is 114 cm³/mol. The molecule has 4 rings (SSSR count). The van der Waals surface area contributed by atoms with Gasteiger partial charge in [-0.2, -0.15) is 0 Å². The fourth-order valence-electron chi connectivity index (χ4n) is 4.52. The molecule has 0 radical (unpaired) electrons. The van der Waals surface area contributed by atoms with E-state index in [0.29, 0.717) is 5.88 Å². The summed E-state index contributed by atoms with van der Waals surface area (Å²) >= 11 is 0. The molecule has 0 saturated heterocycles. The van der Waals surface area contributed by atoms with Crippen molar-refractivity contribution < 1.29 is 9.53 Å². The van der Waals surface area contributed by atoms with Crippen molar-refractivity contribution >= 4 is 28.3 Å². The van der Waals surface area contributed by atoms with E-state index >= 15 is 0 Å². The highest BCUT2D eigenvalue weighted by Gasteiger charge is 2.36. The Morgan fingerprint density at radius 3 is 2.75 bits per heavy atom. The van der Waals surface area contributed by atoms with Gasteiger partial charge in [-0.1, -0.05) is 18.2 Å². The minimum Gasteiger partial charge on any atom is -0.473 e. The Kier molecular flexibility index (Phi) is 4.38. The molecule has 2 atom stereocenters. The van der Waals surface area contributed by atoms with Gasteiger partial charge >= 0.3 is 0 Å². The van der Waals surface area contributed by atoms with Crippen molar-refractivity contribution in [2.75, 3.05) is 20.6 Å². The standard InChI is InChI=1S/C23H29N3O2/c1-14(28-23(2,3)4)26-13-15-11-20-18(17-8-7-9-19(26)21(15)17)10-16(12-25(20)6)22(27)24-5/h7-10,13,16,20H,1,11-12H2,2-6H3,(H,24,27). The Balaban J connectivity index is 1.84. The van der Waals surface area contributed by atoms with Crippen LogP contribution in [-0.2, 0) is 16.0 Å². The van der Waals surface area contributed by atoms with Gasteiger partial charge < -0.3 is 10.1 Å². The van der Waals surface area contributed by atoms with Crippen LogP contribution in [0.25, 0.3) is 22.4 Å². The van der Waals surface area contributed by atoms with E-state index in [1.807, 2.05) is 20.8 Å². The van der Waals surface area contributed by atoms with Crippen LogP contribution in [0.1, 0.15) is 31.9 Å². The molecular weight excluding hydrogens is 350 g/mol. The van der Waals surface area contributed by atoms with Gasteiger partial charge in [0.25, 0.3) is 0 Å². The van der Waals surface area contributed by atoms with E-state index in [1.54, 1.807) is 7.05 Å². The minimum atomic E-state index is -0.302. The van der Waals surface area contributed by atoms with Gasteiger partial charge in [0.2, 0.25) is 5.91 Å². The topological polar surface area (TPSA) is 46.5 Å². The Labute approximate surface area is 166 Å². The van der Waals surface area contributed by atoms with Crippen molar-refractivity contribution in [3.8, 4) is 0 Å². The maximum Gasteiger partial charge on any atom is 0.227 e. The van der Waals surface area contributed by atoms with Crippen LogP contribution in [0.15, 0.2) is 37.1 Å². The molecule has 0 fully saturated rings. The number of benzene rings is 1. The van der Waals surface area contributed by atoms with Crippen molar-refractivity contribution in [1.29, 1.82) is 0 Å². The van der Waals surface area contributed by atoms with E-state index in [4.69, 9.17) is 4.74 Å². The van der Waals surface area contributed by atoms with Crippen molar-refractivity contribution in [2.24, 2.45) is 5.92 Å². The molecular formula is C23H29N3O2. The number of amides is 1. The van der Waals surface area contributed by atoms with Gasteiger partial charge in [0, 0.05) is 31.2 Å². The van der Waals surface area contributed by atoms with Crippen LogP contribution in [0, 0.1) is 5.92 Å². The molecule has 2 aromatic rings. The van der Waals surface area contributed by atoms with Gasteiger partial charge in [0.1, 0.15) is 5.60 Å². The molecule has 1 amide bonds. The van der Waals surface area contributed by atoms with Crippen molar-refractivity contribution in [3.63, 3.8) is 0 Å². The molecule has 1 aromatic carbocycles. The van der Waals surface area contributed by atoms with Crippen LogP contribution in [0.2, 0.25) is 0 Å². The second-order valence-electron chi connectivity index (χ2n) is 8.83. The van der Waals surface area contributed by atoms with Crippen molar-refractivity contribution in [3.05, 3.63) is 48.2 Å². The quantitative estimate of drug-likeness (QED) is 0.831. The fraction of sp³-hybridized carbons (Fsp3) is 0.435. The first-order chi connectivity index (χ1) is 13.2. The number of nitrogens with zero attached hydrogens (tertiary/aromatic N) is 2. The zero-order valence-electron chi connectivity index (χ0n) is 17.4. The Morgan fingerprint density at radius 2 is 2.07 bits per heavy atom. The fourth-order valence-corrected chi connectivity index (χ4v) is 4.52. The van der Waals surface area contributed by atoms with Gasteiger partial charge in [0.15, 0.2) is 5.88 Å². The Bertz CT molecular complexity index is 993. The van der Waals surface area contributed by atoms with E-state index in [2.05, 4.69) is 58.9 Å². The number of hydrogen-bond donors (Lipinski definition) is 1. The average molecular weight is 380 g/mol. The van der Waals surface area contributed by atoms with E-state index in [9.17, 15) is 4.79 Å².